The van der Waals surface area contributed by atoms with Gasteiger partial charge in [-0.1, -0.05) is 60.5 Å². The van der Waals surface area contributed by atoms with Gasteiger partial charge in [0, 0.05) is 0 Å². The van der Waals surface area contributed by atoms with Gasteiger partial charge in [-0.05, 0) is 38.8 Å². The van der Waals surface area contributed by atoms with Crippen molar-refractivity contribution in [3.63, 3.8) is 0 Å². The van der Waals surface area contributed by atoms with Crippen molar-refractivity contribution in [3.8, 4) is 0 Å². The number of carbonyl (C=O) groups excluding carboxylic acids is 2. The Balaban J connectivity index is -0.000000316. The van der Waals surface area contributed by atoms with Crippen LogP contribution < -0.4 is 11.5 Å². The Kier molecular flexibility index (Phi) is 36.0. The van der Waals surface area contributed by atoms with Crippen LogP contribution in [0.25, 0.3) is 0 Å². The first-order chi connectivity index (χ1) is 11.6. The van der Waals surface area contributed by atoms with E-state index in [0.717, 1.165) is 51.6 Å². The lowest BCUT2D eigenvalue weighted by Crippen LogP contribution is -2.00. The average Bonchev–Trinajstić information content (AvgIpc) is 2.54. The number of alkyl halides is 3. The minimum Gasteiger partial charge on any atom is -0.330 e. The van der Waals surface area contributed by atoms with E-state index in [2.05, 4.69) is 9.98 Å². The van der Waals surface area contributed by atoms with E-state index in [1.54, 1.807) is 0 Å². The van der Waals surface area contributed by atoms with Crippen LogP contribution in [0.15, 0.2) is 9.98 Å². The summed E-state index contributed by atoms with van der Waals surface area (Å²) < 4.78 is -0.750. The summed E-state index contributed by atoms with van der Waals surface area (Å²) in [4.78, 5) is 26.1. The van der Waals surface area contributed by atoms with E-state index < -0.39 is 4.30 Å². The zero-order valence-corrected chi connectivity index (χ0v) is 16.3. The van der Waals surface area contributed by atoms with Crippen LogP contribution in [0, 0.1) is 0 Å². The molecule has 142 valence electrons. The van der Waals surface area contributed by atoms with Crippen molar-refractivity contribution in [2.24, 2.45) is 21.5 Å². The normalized spacial score (nSPS) is 8.92. The Labute approximate surface area is 160 Å². The molecule has 0 saturated carbocycles. The SMILES string of the molecule is ClC(Cl)Cl.NCCCCCCN.O=C=NCCCCCCN=C=O. The van der Waals surface area contributed by atoms with Crippen LogP contribution >= 0.6 is 34.8 Å². The van der Waals surface area contributed by atoms with Crippen molar-refractivity contribution >= 4 is 47.0 Å². The molecule has 24 heavy (non-hydrogen) atoms. The van der Waals surface area contributed by atoms with Crippen LogP contribution in [0.4, 0.5) is 0 Å². The zero-order valence-electron chi connectivity index (χ0n) is 14.1. The molecule has 0 bridgehead atoms. The van der Waals surface area contributed by atoms with E-state index in [-0.39, 0.29) is 0 Å². The monoisotopic (exact) mass is 402 g/mol. The molecule has 6 nitrogen and oxygen atoms in total. The smallest absolute Gasteiger partial charge is 0.234 e. The lowest BCUT2D eigenvalue weighted by atomic mass is 10.2. The van der Waals surface area contributed by atoms with Crippen molar-refractivity contribution in [2.45, 2.75) is 55.7 Å². The first-order valence-electron chi connectivity index (χ1n) is 7.96. The zero-order chi connectivity index (χ0) is 18.9. The van der Waals surface area contributed by atoms with E-state index in [9.17, 15) is 9.59 Å². The Bertz CT molecular complexity index is 291. The van der Waals surface area contributed by atoms with E-state index in [1.807, 2.05) is 0 Å². The summed E-state index contributed by atoms with van der Waals surface area (Å²) >= 11 is 14.4. The maximum Gasteiger partial charge on any atom is 0.234 e. The molecular formula is C15H29Cl3N4O2. The number of rotatable bonds is 12. The molecule has 0 saturated heterocycles. The Hall–Kier alpha value is -0.450. The van der Waals surface area contributed by atoms with Gasteiger partial charge < -0.3 is 11.5 Å². The van der Waals surface area contributed by atoms with Gasteiger partial charge in [-0.2, -0.15) is 0 Å². The number of hydrogen-bond acceptors (Lipinski definition) is 6. The molecule has 0 aliphatic heterocycles. The Morgan fingerprint density at radius 1 is 0.667 bits per heavy atom. The maximum absolute atomic E-state index is 9.63. The molecule has 0 aromatic carbocycles. The third-order valence-corrected chi connectivity index (χ3v) is 2.58. The molecule has 9 heteroatoms. The predicted molar refractivity (Wildman–Crippen MR) is 102 cm³/mol. The van der Waals surface area contributed by atoms with Crippen molar-refractivity contribution < 1.29 is 9.59 Å². The number of hydrogen-bond donors (Lipinski definition) is 2. The van der Waals surface area contributed by atoms with Gasteiger partial charge in [0.25, 0.3) is 0 Å². The molecule has 0 aromatic rings. The maximum atomic E-state index is 9.63. The molecule has 0 spiro atoms. The third-order valence-electron chi connectivity index (χ3n) is 2.58. The van der Waals surface area contributed by atoms with Crippen LogP contribution in [0.1, 0.15) is 51.4 Å². The quantitative estimate of drug-likeness (QED) is 0.224. The van der Waals surface area contributed by atoms with Crippen LogP contribution in [-0.4, -0.2) is 42.6 Å². The molecule has 0 aliphatic carbocycles. The van der Waals surface area contributed by atoms with Crippen LogP contribution in [0.5, 0.6) is 0 Å². The minimum atomic E-state index is -0.750. The van der Waals surface area contributed by atoms with Gasteiger partial charge in [-0.25, -0.2) is 19.6 Å². The van der Waals surface area contributed by atoms with Gasteiger partial charge in [-0.15, -0.1) is 0 Å². The van der Waals surface area contributed by atoms with Gasteiger partial charge in [0.1, 0.15) is 0 Å². The summed E-state index contributed by atoms with van der Waals surface area (Å²) in [5, 5.41) is 0. The summed E-state index contributed by atoms with van der Waals surface area (Å²) in [6.07, 6.45) is 11.6. The number of halogens is 3. The number of nitrogens with zero attached hydrogens (tertiary/aromatic N) is 2. The van der Waals surface area contributed by atoms with Gasteiger partial charge in [0.15, 0.2) is 4.30 Å². The van der Waals surface area contributed by atoms with E-state index in [1.165, 1.54) is 25.0 Å². The standard InChI is InChI=1S/C8H12N2O2.C6H16N2.CHCl3/c11-7-9-5-3-1-2-4-6-10-8-12;7-5-3-1-2-4-6-8;2-1(3)4/h1-6H2;1-8H2;1H. The van der Waals surface area contributed by atoms with Crippen LogP contribution in [-0.2, 0) is 9.59 Å². The second kappa shape index (κ2) is 30.4. The summed E-state index contributed by atoms with van der Waals surface area (Å²) in [5.74, 6) is 0. The second-order valence-corrected chi connectivity index (χ2v) is 6.58. The molecule has 0 unspecified atom stereocenters. The predicted octanol–water partition coefficient (Wildman–Crippen LogP) is 3.67. The lowest BCUT2D eigenvalue weighted by Gasteiger charge is -1.94. The van der Waals surface area contributed by atoms with Crippen molar-refractivity contribution in [2.75, 3.05) is 26.2 Å². The Morgan fingerprint density at radius 3 is 1.21 bits per heavy atom. The largest absolute Gasteiger partial charge is 0.330 e. The molecule has 0 amide bonds. The summed E-state index contributed by atoms with van der Waals surface area (Å²) in [6, 6.07) is 0. The first kappa shape index (κ1) is 28.4. The average molecular weight is 404 g/mol. The lowest BCUT2D eigenvalue weighted by molar-refractivity contribution is 0.558. The minimum absolute atomic E-state index is 0.556. The highest BCUT2D eigenvalue weighted by Gasteiger charge is 1.88. The van der Waals surface area contributed by atoms with Gasteiger partial charge in [-0.3, -0.25) is 0 Å². The number of unbranched alkanes of at least 4 members (excludes halogenated alkanes) is 6. The molecule has 0 aliphatic rings. The highest BCUT2D eigenvalue weighted by molar-refractivity contribution is 6.63. The molecule has 0 aromatic heterocycles. The van der Waals surface area contributed by atoms with Crippen molar-refractivity contribution in [1.82, 2.24) is 0 Å². The fraction of sp³-hybridized carbons (Fsp3) is 0.867. The first-order valence-corrected chi connectivity index (χ1v) is 9.27. The number of aliphatic imine (C=N–C) groups is 2. The molecule has 0 radical (unpaired) electrons. The van der Waals surface area contributed by atoms with Gasteiger partial charge in [0.05, 0.1) is 13.1 Å². The third kappa shape index (κ3) is 49.6. The Morgan fingerprint density at radius 2 is 0.958 bits per heavy atom. The number of nitrogens with two attached hydrogens (primary N) is 2. The van der Waals surface area contributed by atoms with E-state index >= 15 is 0 Å². The highest BCUT2D eigenvalue weighted by Crippen LogP contribution is 2.03. The summed E-state index contributed by atoms with van der Waals surface area (Å²) in [6.45, 7) is 2.76. The highest BCUT2D eigenvalue weighted by atomic mass is 35.6. The fourth-order valence-electron chi connectivity index (χ4n) is 1.47. The molecule has 0 heterocycles. The van der Waals surface area contributed by atoms with Crippen LogP contribution in [0.2, 0.25) is 0 Å². The molecule has 0 rings (SSSR count). The van der Waals surface area contributed by atoms with Crippen molar-refractivity contribution in [3.05, 3.63) is 0 Å². The van der Waals surface area contributed by atoms with Crippen LogP contribution in [0.3, 0.4) is 0 Å². The van der Waals surface area contributed by atoms with E-state index in [0.29, 0.717) is 13.1 Å². The fourth-order valence-corrected chi connectivity index (χ4v) is 1.47. The molecule has 0 atom stereocenters. The van der Waals surface area contributed by atoms with Gasteiger partial charge >= 0.3 is 0 Å². The topological polar surface area (TPSA) is 111 Å². The van der Waals surface area contributed by atoms with Gasteiger partial charge in [0.2, 0.25) is 12.2 Å². The molecule has 4 N–H and O–H groups in total. The summed E-state index contributed by atoms with van der Waals surface area (Å²) in [7, 11) is 0. The van der Waals surface area contributed by atoms with E-state index in [4.69, 9.17) is 46.3 Å². The summed E-state index contributed by atoms with van der Waals surface area (Å²) in [5.41, 5.74) is 10.6. The molecular weight excluding hydrogens is 375 g/mol. The second-order valence-electron chi connectivity index (χ2n) is 4.60. The van der Waals surface area contributed by atoms with Crippen molar-refractivity contribution in [1.29, 1.82) is 0 Å². The number of isocyanates is 2. The molecule has 0 fully saturated rings.